The predicted molar refractivity (Wildman–Crippen MR) is 115 cm³/mol. The molecular formula is C22H22N8O2. The van der Waals surface area contributed by atoms with Crippen LogP contribution in [0.1, 0.15) is 30.5 Å². The molecule has 2 amide bonds. The number of hydrogen-bond donors (Lipinski definition) is 1. The third-order valence-corrected chi connectivity index (χ3v) is 5.54. The van der Waals surface area contributed by atoms with Crippen LogP contribution in [0.5, 0.6) is 0 Å². The summed E-state index contributed by atoms with van der Waals surface area (Å²) in [5, 5.41) is 18.8. The Labute approximate surface area is 184 Å². The molecule has 10 heteroatoms. The standard InChI is InChI=1S/C22H22N8O2/c31-22(23-15-19-25-27-28-30(19)18-9-5-2-6-10-18)29-13-11-17(12-14-29)21-24-20(26-32-21)16-7-3-1-4-8-16/h1-10,17H,11-15H2,(H,23,31). The first kappa shape index (κ1) is 19.9. The number of tetrazole rings is 1. The largest absolute Gasteiger partial charge is 0.339 e. The average molecular weight is 430 g/mol. The van der Waals surface area contributed by atoms with Crippen molar-refractivity contribution in [3.05, 3.63) is 72.4 Å². The fraction of sp³-hybridized carbons (Fsp3) is 0.273. The van der Waals surface area contributed by atoms with Crippen molar-refractivity contribution in [3.63, 3.8) is 0 Å². The van der Waals surface area contributed by atoms with Crippen LogP contribution in [-0.4, -0.2) is 54.4 Å². The number of rotatable bonds is 5. The molecule has 5 rings (SSSR count). The fourth-order valence-electron chi connectivity index (χ4n) is 3.79. The summed E-state index contributed by atoms with van der Waals surface area (Å²) in [6.07, 6.45) is 1.54. The van der Waals surface area contributed by atoms with Crippen LogP contribution in [0.3, 0.4) is 0 Å². The van der Waals surface area contributed by atoms with Gasteiger partial charge in [0, 0.05) is 24.6 Å². The minimum atomic E-state index is -0.137. The minimum Gasteiger partial charge on any atom is -0.339 e. The number of piperidine rings is 1. The molecule has 4 aromatic rings. The van der Waals surface area contributed by atoms with Crippen LogP contribution >= 0.6 is 0 Å². The van der Waals surface area contributed by atoms with Gasteiger partial charge in [0.05, 0.1) is 12.2 Å². The van der Waals surface area contributed by atoms with Crippen LogP contribution in [0, 0.1) is 0 Å². The number of amides is 2. The lowest BCUT2D eigenvalue weighted by Gasteiger charge is -2.30. The molecule has 0 atom stereocenters. The lowest BCUT2D eigenvalue weighted by molar-refractivity contribution is 0.174. The predicted octanol–water partition coefficient (Wildman–Crippen LogP) is 2.80. The smallest absolute Gasteiger partial charge is 0.317 e. The van der Waals surface area contributed by atoms with E-state index in [0.717, 1.165) is 24.1 Å². The molecule has 1 N–H and O–H groups in total. The van der Waals surface area contributed by atoms with Gasteiger partial charge in [-0.3, -0.25) is 0 Å². The number of benzene rings is 2. The Morgan fingerprint density at radius 3 is 2.50 bits per heavy atom. The lowest BCUT2D eigenvalue weighted by Crippen LogP contribution is -2.44. The van der Waals surface area contributed by atoms with Gasteiger partial charge in [-0.05, 0) is 35.4 Å². The second-order valence-electron chi connectivity index (χ2n) is 7.58. The summed E-state index contributed by atoms with van der Waals surface area (Å²) in [6, 6.07) is 19.2. The van der Waals surface area contributed by atoms with Crippen LogP contribution in [0.2, 0.25) is 0 Å². The average Bonchev–Trinajstić information content (AvgIpc) is 3.54. The number of likely N-dealkylation sites (tertiary alicyclic amines) is 1. The maximum Gasteiger partial charge on any atom is 0.317 e. The molecule has 32 heavy (non-hydrogen) atoms. The maximum absolute atomic E-state index is 12.7. The summed E-state index contributed by atoms with van der Waals surface area (Å²) in [6.45, 7) is 1.47. The Morgan fingerprint density at radius 2 is 1.75 bits per heavy atom. The number of carbonyl (C=O) groups excluding carboxylic acids is 1. The van der Waals surface area contributed by atoms with Gasteiger partial charge in [-0.2, -0.15) is 9.67 Å². The van der Waals surface area contributed by atoms with E-state index in [2.05, 4.69) is 31.0 Å². The SMILES string of the molecule is O=C(NCc1nnnn1-c1ccccc1)N1CCC(c2nc(-c3ccccc3)no2)CC1. The van der Waals surface area contributed by atoms with Crippen molar-refractivity contribution in [2.75, 3.05) is 13.1 Å². The van der Waals surface area contributed by atoms with Crippen molar-refractivity contribution in [3.8, 4) is 17.1 Å². The van der Waals surface area contributed by atoms with Crippen LogP contribution in [-0.2, 0) is 6.54 Å². The second kappa shape index (κ2) is 8.96. The summed E-state index contributed by atoms with van der Waals surface area (Å²) < 4.78 is 7.12. The number of urea groups is 1. The van der Waals surface area contributed by atoms with Gasteiger partial charge in [-0.1, -0.05) is 53.7 Å². The third-order valence-electron chi connectivity index (χ3n) is 5.54. The first-order chi connectivity index (χ1) is 15.8. The van der Waals surface area contributed by atoms with E-state index in [1.54, 1.807) is 9.58 Å². The van der Waals surface area contributed by atoms with E-state index >= 15 is 0 Å². The van der Waals surface area contributed by atoms with Gasteiger partial charge in [0.25, 0.3) is 0 Å². The van der Waals surface area contributed by atoms with Gasteiger partial charge in [-0.25, -0.2) is 4.79 Å². The highest BCUT2D eigenvalue weighted by molar-refractivity contribution is 5.74. The van der Waals surface area contributed by atoms with Crippen LogP contribution in [0.15, 0.2) is 65.2 Å². The summed E-state index contributed by atoms with van der Waals surface area (Å²) in [5.74, 6) is 1.94. The van der Waals surface area contributed by atoms with Gasteiger partial charge in [0.15, 0.2) is 5.82 Å². The number of carbonyl (C=O) groups is 1. The Morgan fingerprint density at radius 1 is 1.03 bits per heavy atom. The van der Waals surface area contributed by atoms with E-state index in [1.807, 2.05) is 60.7 Å². The molecule has 1 saturated heterocycles. The number of nitrogens with zero attached hydrogens (tertiary/aromatic N) is 7. The molecule has 0 spiro atoms. The Balaban J connectivity index is 1.15. The van der Waals surface area contributed by atoms with Gasteiger partial charge < -0.3 is 14.7 Å². The summed E-state index contributed by atoms with van der Waals surface area (Å²) in [5.41, 5.74) is 1.77. The summed E-state index contributed by atoms with van der Waals surface area (Å²) >= 11 is 0. The van der Waals surface area contributed by atoms with E-state index in [9.17, 15) is 4.79 Å². The van der Waals surface area contributed by atoms with Gasteiger partial charge >= 0.3 is 6.03 Å². The Bertz CT molecular complexity index is 1170. The molecular weight excluding hydrogens is 408 g/mol. The van der Waals surface area contributed by atoms with Crippen LogP contribution in [0.4, 0.5) is 4.79 Å². The van der Waals surface area contributed by atoms with Crippen molar-refractivity contribution in [2.24, 2.45) is 0 Å². The van der Waals surface area contributed by atoms with E-state index < -0.39 is 0 Å². The van der Waals surface area contributed by atoms with E-state index in [0.29, 0.717) is 30.6 Å². The number of para-hydroxylation sites is 1. The van der Waals surface area contributed by atoms with Gasteiger partial charge in [-0.15, -0.1) is 5.10 Å². The highest BCUT2D eigenvalue weighted by atomic mass is 16.5. The Kier molecular flexibility index (Phi) is 5.56. The monoisotopic (exact) mass is 430 g/mol. The first-order valence-corrected chi connectivity index (χ1v) is 10.5. The molecule has 0 saturated carbocycles. The first-order valence-electron chi connectivity index (χ1n) is 10.5. The van der Waals surface area contributed by atoms with E-state index in [4.69, 9.17) is 4.52 Å². The highest BCUT2D eigenvalue weighted by Crippen LogP contribution is 2.28. The van der Waals surface area contributed by atoms with E-state index in [-0.39, 0.29) is 18.5 Å². The molecule has 2 aromatic heterocycles. The zero-order chi connectivity index (χ0) is 21.8. The van der Waals surface area contributed by atoms with Crippen molar-refractivity contribution in [1.82, 2.24) is 40.6 Å². The number of nitrogens with one attached hydrogen (secondary N) is 1. The minimum absolute atomic E-state index is 0.137. The second-order valence-corrected chi connectivity index (χ2v) is 7.58. The zero-order valence-corrected chi connectivity index (χ0v) is 17.3. The fourth-order valence-corrected chi connectivity index (χ4v) is 3.79. The van der Waals surface area contributed by atoms with Gasteiger partial charge in [0.2, 0.25) is 11.7 Å². The third kappa shape index (κ3) is 4.20. The number of hydrogen-bond acceptors (Lipinski definition) is 7. The van der Waals surface area contributed by atoms with Crippen molar-refractivity contribution in [1.29, 1.82) is 0 Å². The normalized spacial score (nSPS) is 14.4. The molecule has 1 fully saturated rings. The van der Waals surface area contributed by atoms with Crippen molar-refractivity contribution in [2.45, 2.75) is 25.3 Å². The molecule has 0 radical (unpaired) electrons. The van der Waals surface area contributed by atoms with E-state index in [1.165, 1.54) is 0 Å². The summed E-state index contributed by atoms with van der Waals surface area (Å²) in [7, 11) is 0. The van der Waals surface area contributed by atoms with Gasteiger partial charge in [0.1, 0.15) is 0 Å². The highest BCUT2D eigenvalue weighted by Gasteiger charge is 2.28. The molecule has 0 aliphatic carbocycles. The maximum atomic E-state index is 12.7. The topological polar surface area (TPSA) is 115 Å². The Hall–Kier alpha value is -4.08. The molecule has 0 unspecified atom stereocenters. The molecule has 1 aliphatic rings. The molecule has 162 valence electrons. The zero-order valence-electron chi connectivity index (χ0n) is 17.3. The molecule has 2 aromatic carbocycles. The van der Waals surface area contributed by atoms with Crippen LogP contribution < -0.4 is 5.32 Å². The quantitative estimate of drug-likeness (QED) is 0.518. The molecule has 10 nitrogen and oxygen atoms in total. The molecule has 0 bridgehead atoms. The van der Waals surface area contributed by atoms with Crippen LogP contribution in [0.25, 0.3) is 17.1 Å². The molecule has 1 aliphatic heterocycles. The van der Waals surface area contributed by atoms with Crippen molar-refractivity contribution < 1.29 is 9.32 Å². The lowest BCUT2D eigenvalue weighted by atomic mass is 9.97. The number of aromatic nitrogens is 6. The van der Waals surface area contributed by atoms with Crippen molar-refractivity contribution >= 4 is 6.03 Å². The summed E-state index contributed by atoms with van der Waals surface area (Å²) in [4.78, 5) is 19.0. The molecule has 3 heterocycles.